The van der Waals surface area contributed by atoms with Crippen molar-refractivity contribution in [2.75, 3.05) is 5.73 Å². The minimum Gasteiger partial charge on any atom is -0.411 e. The van der Waals surface area contributed by atoms with Gasteiger partial charge in [0.15, 0.2) is 0 Å². The molecule has 21 heavy (non-hydrogen) atoms. The Labute approximate surface area is 123 Å². The second-order valence-corrected chi connectivity index (χ2v) is 5.55. The number of hydrogen-bond acceptors (Lipinski definition) is 5. The van der Waals surface area contributed by atoms with Crippen LogP contribution in [0.15, 0.2) is 29.4 Å². The zero-order chi connectivity index (χ0) is 15.0. The number of rotatable bonds is 1. The first kappa shape index (κ1) is 13.5. The number of nitrogens with zero attached hydrogens (tertiary/aromatic N) is 3. The van der Waals surface area contributed by atoms with E-state index in [0.717, 1.165) is 23.4 Å². The summed E-state index contributed by atoms with van der Waals surface area (Å²) in [6, 6.07) is 8.44. The first-order valence-electron chi connectivity index (χ1n) is 6.99. The Bertz CT molecular complexity index is 707. The molecule has 0 saturated carbocycles. The van der Waals surface area contributed by atoms with Crippen molar-refractivity contribution >= 4 is 11.7 Å². The van der Waals surface area contributed by atoms with Crippen molar-refractivity contribution in [3.63, 3.8) is 0 Å². The lowest BCUT2D eigenvalue weighted by molar-refractivity contribution is 0.316. The zero-order valence-corrected chi connectivity index (χ0v) is 12.2. The quantitative estimate of drug-likeness (QED) is 0.622. The van der Waals surface area contributed by atoms with Crippen molar-refractivity contribution in [1.82, 2.24) is 9.97 Å². The molecule has 1 heterocycles. The van der Waals surface area contributed by atoms with E-state index in [1.807, 2.05) is 6.92 Å². The molecule has 5 nitrogen and oxygen atoms in total. The van der Waals surface area contributed by atoms with Gasteiger partial charge in [-0.15, -0.1) is 0 Å². The van der Waals surface area contributed by atoms with Gasteiger partial charge in [-0.3, -0.25) is 0 Å². The highest BCUT2D eigenvalue weighted by Gasteiger charge is 2.28. The maximum atomic E-state index is 9.34. The van der Waals surface area contributed by atoms with E-state index in [4.69, 9.17) is 5.73 Å². The molecule has 3 rings (SSSR count). The van der Waals surface area contributed by atoms with Gasteiger partial charge in [-0.1, -0.05) is 35.0 Å². The molecule has 0 radical (unpaired) electrons. The van der Waals surface area contributed by atoms with Crippen LogP contribution in [0.1, 0.15) is 40.4 Å². The van der Waals surface area contributed by atoms with Crippen molar-refractivity contribution in [2.45, 2.75) is 32.6 Å². The van der Waals surface area contributed by atoms with E-state index >= 15 is 0 Å². The molecule has 1 atom stereocenters. The fraction of sp³-hybridized carbons (Fsp3) is 0.312. The summed E-state index contributed by atoms with van der Waals surface area (Å²) in [5, 5.41) is 12.8. The minimum atomic E-state index is 0.248. The maximum Gasteiger partial charge on any atom is 0.220 e. The van der Waals surface area contributed by atoms with Crippen molar-refractivity contribution < 1.29 is 5.21 Å². The fourth-order valence-corrected chi connectivity index (χ4v) is 2.98. The van der Waals surface area contributed by atoms with E-state index in [1.165, 1.54) is 11.1 Å². The van der Waals surface area contributed by atoms with Gasteiger partial charge in [0.1, 0.15) is 0 Å². The summed E-state index contributed by atoms with van der Waals surface area (Å²) in [5.41, 5.74) is 11.3. The summed E-state index contributed by atoms with van der Waals surface area (Å²) < 4.78 is 0. The highest BCUT2D eigenvalue weighted by atomic mass is 16.4. The average Bonchev–Trinajstić information content (AvgIpc) is 2.46. The summed E-state index contributed by atoms with van der Waals surface area (Å²) in [5.74, 6) is 0.519. The van der Waals surface area contributed by atoms with Gasteiger partial charge in [-0.05, 0) is 31.7 Å². The Hall–Kier alpha value is -2.43. The van der Waals surface area contributed by atoms with Gasteiger partial charge in [0.25, 0.3) is 0 Å². The van der Waals surface area contributed by atoms with Gasteiger partial charge < -0.3 is 10.9 Å². The molecular weight excluding hydrogens is 264 g/mol. The molecule has 1 aromatic carbocycles. The van der Waals surface area contributed by atoms with Crippen molar-refractivity contribution in [3.05, 3.63) is 52.3 Å². The smallest absolute Gasteiger partial charge is 0.220 e. The molecule has 0 bridgehead atoms. The van der Waals surface area contributed by atoms with Crippen LogP contribution in [-0.2, 0) is 6.42 Å². The Morgan fingerprint density at radius 1 is 1.14 bits per heavy atom. The maximum absolute atomic E-state index is 9.34. The predicted molar refractivity (Wildman–Crippen MR) is 81.7 cm³/mol. The van der Waals surface area contributed by atoms with Crippen LogP contribution in [0.25, 0.3) is 0 Å². The third-order valence-corrected chi connectivity index (χ3v) is 4.02. The van der Waals surface area contributed by atoms with E-state index in [2.05, 4.69) is 46.3 Å². The van der Waals surface area contributed by atoms with Crippen molar-refractivity contribution in [3.8, 4) is 0 Å². The number of nitrogens with two attached hydrogens (primary N) is 1. The van der Waals surface area contributed by atoms with Crippen LogP contribution in [0.3, 0.4) is 0 Å². The van der Waals surface area contributed by atoms with Gasteiger partial charge in [0.05, 0.1) is 17.1 Å². The molecule has 1 aliphatic carbocycles. The monoisotopic (exact) mass is 282 g/mol. The standard InChI is InChI=1S/C16H18N4O/c1-9-3-5-11(6-4-9)12-7-13-15(14(8-12)20-21)10(2)18-16(17)19-13/h3-6,12,21H,7-8H2,1-2H3,(H2,17,18,19). The third-order valence-electron chi connectivity index (χ3n) is 4.02. The molecule has 1 unspecified atom stereocenters. The van der Waals surface area contributed by atoms with Crippen molar-refractivity contribution in [2.24, 2.45) is 5.16 Å². The molecule has 5 heteroatoms. The molecule has 0 saturated heterocycles. The van der Waals surface area contributed by atoms with Gasteiger partial charge in [0.2, 0.25) is 5.95 Å². The topological polar surface area (TPSA) is 84.4 Å². The van der Waals surface area contributed by atoms with Crippen LogP contribution in [0.5, 0.6) is 0 Å². The predicted octanol–water partition coefficient (Wildman–Crippen LogP) is 2.58. The second kappa shape index (κ2) is 5.16. The number of oxime groups is 1. The molecule has 1 aromatic heterocycles. The zero-order valence-electron chi connectivity index (χ0n) is 12.2. The highest BCUT2D eigenvalue weighted by Crippen LogP contribution is 2.33. The molecule has 0 fully saturated rings. The number of nitrogen functional groups attached to an aromatic ring is 1. The molecule has 108 valence electrons. The molecule has 0 spiro atoms. The highest BCUT2D eigenvalue weighted by molar-refractivity contribution is 6.03. The number of benzene rings is 1. The van der Waals surface area contributed by atoms with Crippen LogP contribution >= 0.6 is 0 Å². The van der Waals surface area contributed by atoms with E-state index in [9.17, 15) is 5.21 Å². The van der Waals surface area contributed by atoms with Gasteiger partial charge in [-0.25, -0.2) is 9.97 Å². The first-order chi connectivity index (χ1) is 10.1. The van der Waals surface area contributed by atoms with Crippen LogP contribution in [0, 0.1) is 13.8 Å². The van der Waals surface area contributed by atoms with Crippen LogP contribution in [0.2, 0.25) is 0 Å². The second-order valence-electron chi connectivity index (χ2n) is 5.55. The number of hydrogen-bond donors (Lipinski definition) is 2. The number of aromatic nitrogens is 2. The summed E-state index contributed by atoms with van der Waals surface area (Å²) in [6.07, 6.45) is 1.46. The largest absolute Gasteiger partial charge is 0.411 e. The molecular formula is C16H18N4O. The third kappa shape index (κ3) is 2.46. The summed E-state index contributed by atoms with van der Waals surface area (Å²) in [4.78, 5) is 8.51. The van der Waals surface area contributed by atoms with E-state index in [-0.39, 0.29) is 11.9 Å². The Balaban J connectivity index is 2.04. The number of anilines is 1. The summed E-state index contributed by atoms with van der Waals surface area (Å²) >= 11 is 0. The SMILES string of the molecule is Cc1ccc(C2CC(=NO)c3c(C)nc(N)nc3C2)cc1. The van der Waals surface area contributed by atoms with Crippen LogP contribution < -0.4 is 5.73 Å². The first-order valence-corrected chi connectivity index (χ1v) is 6.99. The molecule has 3 N–H and O–H groups in total. The number of aryl methyl sites for hydroxylation is 2. The Morgan fingerprint density at radius 3 is 2.52 bits per heavy atom. The van der Waals surface area contributed by atoms with Gasteiger partial charge >= 0.3 is 0 Å². The lowest BCUT2D eigenvalue weighted by Gasteiger charge is -2.26. The Morgan fingerprint density at radius 2 is 1.86 bits per heavy atom. The lowest BCUT2D eigenvalue weighted by atomic mass is 9.80. The molecule has 0 amide bonds. The number of fused-ring (bicyclic) bond motifs is 1. The molecule has 0 aliphatic heterocycles. The summed E-state index contributed by atoms with van der Waals surface area (Å²) in [6.45, 7) is 3.94. The van der Waals surface area contributed by atoms with Crippen LogP contribution in [-0.4, -0.2) is 20.9 Å². The molecule has 2 aromatic rings. The summed E-state index contributed by atoms with van der Waals surface area (Å²) in [7, 11) is 0. The fourth-order valence-electron chi connectivity index (χ4n) is 2.98. The average molecular weight is 282 g/mol. The molecule has 1 aliphatic rings. The van der Waals surface area contributed by atoms with E-state index in [1.54, 1.807) is 0 Å². The van der Waals surface area contributed by atoms with Crippen LogP contribution in [0.4, 0.5) is 5.95 Å². The van der Waals surface area contributed by atoms with E-state index < -0.39 is 0 Å². The van der Waals surface area contributed by atoms with E-state index in [0.29, 0.717) is 12.1 Å². The minimum absolute atomic E-state index is 0.248. The normalized spacial score (nSPS) is 19.5. The van der Waals surface area contributed by atoms with Gasteiger partial charge in [0, 0.05) is 12.0 Å². The Kier molecular flexibility index (Phi) is 3.33. The van der Waals surface area contributed by atoms with Gasteiger partial charge in [-0.2, -0.15) is 0 Å². The van der Waals surface area contributed by atoms with Crippen molar-refractivity contribution in [1.29, 1.82) is 0 Å². The lowest BCUT2D eigenvalue weighted by Crippen LogP contribution is -2.23.